The summed E-state index contributed by atoms with van der Waals surface area (Å²) < 4.78 is 5.03. The SMILES string of the molecule is CCOC(=O)/C=C/c1ccc(CP(Br)(c2ccccc2)(c2ccccc2)c2ccccc2)cc1C. The normalized spacial score (nSPS) is 12.7. The van der Waals surface area contributed by atoms with Crippen LogP contribution in [-0.2, 0) is 15.7 Å². The molecule has 0 radical (unpaired) electrons. The van der Waals surface area contributed by atoms with Crippen molar-refractivity contribution in [3.63, 3.8) is 0 Å². The van der Waals surface area contributed by atoms with Gasteiger partial charge in [-0.25, -0.2) is 0 Å². The molecule has 35 heavy (non-hydrogen) atoms. The van der Waals surface area contributed by atoms with Gasteiger partial charge in [0.25, 0.3) is 0 Å². The molecular formula is C31H30BrO2P. The van der Waals surface area contributed by atoms with Crippen LogP contribution in [0.15, 0.2) is 115 Å². The molecule has 0 N–H and O–H groups in total. The van der Waals surface area contributed by atoms with Gasteiger partial charge in [0.05, 0.1) is 0 Å². The zero-order valence-corrected chi connectivity index (χ0v) is 22.6. The summed E-state index contributed by atoms with van der Waals surface area (Å²) in [6.07, 6.45) is 4.15. The topological polar surface area (TPSA) is 26.3 Å². The summed E-state index contributed by atoms with van der Waals surface area (Å²) in [5.41, 5.74) is 3.37. The first kappa shape index (κ1) is 25.1. The zero-order chi connectivity index (χ0) is 24.8. The summed E-state index contributed by atoms with van der Waals surface area (Å²) in [4.78, 5) is 11.8. The van der Waals surface area contributed by atoms with Gasteiger partial charge in [-0.05, 0) is 0 Å². The van der Waals surface area contributed by atoms with Crippen LogP contribution in [0.1, 0.15) is 23.6 Å². The second-order valence-corrected chi connectivity index (χ2v) is 17.6. The predicted octanol–water partition coefficient (Wildman–Crippen LogP) is 6.91. The molecule has 4 aromatic carbocycles. The van der Waals surface area contributed by atoms with Crippen LogP contribution in [0.3, 0.4) is 0 Å². The van der Waals surface area contributed by atoms with E-state index in [1.54, 1.807) is 0 Å². The molecule has 4 aromatic rings. The quantitative estimate of drug-likeness (QED) is 0.137. The summed E-state index contributed by atoms with van der Waals surface area (Å²) in [5, 5.41) is 0.823. The first-order chi connectivity index (χ1) is 16.9. The number of esters is 1. The Morgan fingerprint density at radius 3 is 1.71 bits per heavy atom. The zero-order valence-electron chi connectivity index (χ0n) is 20.1. The first-order valence-electron chi connectivity index (χ1n) is 11.8. The Morgan fingerprint density at radius 2 is 1.29 bits per heavy atom. The van der Waals surface area contributed by atoms with Crippen molar-refractivity contribution >= 4 is 48.8 Å². The van der Waals surface area contributed by atoms with Crippen molar-refractivity contribution < 1.29 is 9.53 Å². The molecule has 0 saturated heterocycles. The Labute approximate surface area is 216 Å². The standard InChI is InChI=1S/C31H30BrO2P/c1-3-34-31(33)22-21-27-20-19-26(23-25(27)2)24-35(32,28-13-7-4-8-14-28,29-15-9-5-10-16-29)30-17-11-6-12-18-30/h4-23H,3,24H2,1-2H3/b22-21+. The fraction of sp³-hybridized carbons (Fsp3) is 0.129. The van der Waals surface area contributed by atoms with Crippen molar-refractivity contribution in [3.8, 4) is 0 Å². The Hall–Kier alpha value is -3.00. The third-order valence-corrected chi connectivity index (χ3v) is 15.9. The van der Waals surface area contributed by atoms with E-state index in [0.29, 0.717) is 6.61 Å². The van der Waals surface area contributed by atoms with Crippen LogP contribution in [0.5, 0.6) is 0 Å². The van der Waals surface area contributed by atoms with Crippen LogP contribution >= 0.6 is 20.8 Å². The van der Waals surface area contributed by atoms with Crippen molar-refractivity contribution in [1.29, 1.82) is 0 Å². The third kappa shape index (κ3) is 5.03. The van der Waals surface area contributed by atoms with E-state index in [1.165, 1.54) is 27.6 Å². The number of benzene rings is 4. The van der Waals surface area contributed by atoms with E-state index in [-0.39, 0.29) is 5.97 Å². The molecule has 178 valence electrons. The van der Waals surface area contributed by atoms with Gasteiger partial charge in [0.1, 0.15) is 0 Å². The Balaban J connectivity index is 1.88. The summed E-state index contributed by atoms with van der Waals surface area (Å²) in [6, 6.07) is 38.9. The summed E-state index contributed by atoms with van der Waals surface area (Å²) >= 11 is 4.52. The Bertz CT molecular complexity index is 1220. The second-order valence-electron chi connectivity index (χ2n) is 8.62. The number of rotatable bonds is 8. The molecule has 0 heterocycles. The molecule has 0 aromatic heterocycles. The molecule has 2 nitrogen and oxygen atoms in total. The Morgan fingerprint density at radius 1 is 0.800 bits per heavy atom. The maximum atomic E-state index is 11.8. The minimum atomic E-state index is -3.05. The molecule has 0 amide bonds. The fourth-order valence-corrected chi connectivity index (χ4v) is 12.4. The van der Waals surface area contributed by atoms with Crippen LogP contribution in [0.2, 0.25) is 0 Å². The number of hydrogen-bond acceptors (Lipinski definition) is 2. The molecule has 0 spiro atoms. The number of carbonyl (C=O) groups excluding carboxylic acids is 1. The first-order valence-corrected chi connectivity index (χ1v) is 16.2. The maximum absolute atomic E-state index is 11.8. The van der Waals surface area contributed by atoms with Crippen molar-refractivity contribution in [2.24, 2.45) is 0 Å². The van der Waals surface area contributed by atoms with E-state index in [9.17, 15) is 4.79 Å². The molecule has 0 fully saturated rings. The van der Waals surface area contributed by atoms with E-state index in [4.69, 9.17) is 4.74 Å². The molecule has 0 atom stereocenters. The fourth-order valence-electron chi connectivity index (χ4n) is 4.65. The van der Waals surface area contributed by atoms with E-state index in [1.807, 2.05) is 13.0 Å². The summed E-state index contributed by atoms with van der Waals surface area (Å²) in [6.45, 7) is 4.27. The van der Waals surface area contributed by atoms with Crippen LogP contribution in [0.25, 0.3) is 6.08 Å². The van der Waals surface area contributed by atoms with Crippen LogP contribution in [-0.4, -0.2) is 12.6 Å². The van der Waals surface area contributed by atoms with E-state index < -0.39 is 5.31 Å². The van der Waals surface area contributed by atoms with Gasteiger partial charge in [0, 0.05) is 0 Å². The van der Waals surface area contributed by atoms with Crippen molar-refractivity contribution in [2.45, 2.75) is 20.0 Å². The van der Waals surface area contributed by atoms with Crippen molar-refractivity contribution in [2.75, 3.05) is 6.61 Å². The van der Waals surface area contributed by atoms with Gasteiger partial charge in [-0.1, -0.05) is 0 Å². The van der Waals surface area contributed by atoms with Gasteiger partial charge in [-0.2, -0.15) is 0 Å². The molecule has 0 saturated carbocycles. The monoisotopic (exact) mass is 544 g/mol. The molecule has 0 aliphatic heterocycles. The summed E-state index contributed by atoms with van der Waals surface area (Å²) in [7, 11) is 0. The number of halogens is 1. The van der Waals surface area contributed by atoms with Gasteiger partial charge < -0.3 is 0 Å². The number of aryl methyl sites for hydroxylation is 1. The summed E-state index contributed by atoms with van der Waals surface area (Å²) in [5.74, 6) is -0.321. The van der Waals surface area contributed by atoms with E-state index in [2.05, 4.69) is 132 Å². The molecule has 0 unspecified atom stereocenters. The van der Waals surface area contributed by atoms with Crippen LogP contribution in [0, 0.1) is 6.92 Å². The van der Waals surface area contributed by atoms with E-state index in [0.717, 1.165) is 17.3 Å². The van der Waals surface area contributed by atoms with Gasteiger partial charge >= 0.3 is 217 Å². The molecule has 4 rings (SSSR count). The minimum absolute atomic E-state index is 0.321. The molecule has 0 aliphatic rings. The Kier molecular flexibility index (Phi) is 7.69. The van der Waals surface area contributed by atoms with Crippen LogP contribution in [0.4, 0.5) is 0 Å². The molecule has 0 aliphatic carbocycles. The van der Waals surface area contributed by atoms with Crippen molar-refractivity contribution in [1.82, 2.24) is 0 Å². The van der Waals surface area contributed by atoms with Crippen LogP contribution < -0.4 is 15.9 Å². The third-order valence-electron chi connectivity index (χ3n) is 6.38. The number of ether oxygens (including phenoxy) is 1. The van der Waals surface area contributed by atoms with Gasteiger partial charge in [0.2, 0.25) is 0 Å². The second kappa shape index (κ2) is 10.7. The predicted molar refractivity (Wildman–Crippen MR) is 155 cm³/mol. The molecule has 0 bridgehead atoms. The average Bonchev–Trinajstić information content (AvgIpc) is 2.90. The average molecular weight is 545 g/mol. The van der Waals surface area contributed by atoms with Gasteiger partial charge in [0.15, 0.2) is 0 Å². The number of carbonyl (C=O) groups is 1. The molecular weight excluding hydrogens is 515 g/mol. The number of hydrogen-bond donors (Lipinski definition) is 0. The van der Waals surface area contributed by atoms with Crippen molar-refractivity contribution in [3.05, 3.63) is 132 Å². The van der Waals surface area contributed by atoms with E-state index >= 15 is 0 Å². The van der Waals surface area contributed by atoms with Gasteiger partial charge in [-0.15, -0.1) is 0 Å². The van der Waals surface area contributed by atoms with Gasteiger partial charge in [-0.3, -0.25) is 0 Å². The molecule has 4 heteroatoms.